The fourth-order valence-electron chi connectivity index (χ4n) is 2.77. The van der Waals surface area contributed by atoms with Crippen LogP contribution in [0.3, 0.4) is 0 Å². The molecule has 0 bridgehead atoms. The molecule has 2 rings (SSSR count). The minimum absolute atomic E-state index is 0.605. The second kappa shape index (κ2) is 6.85. The first-order valence-electron chi connectivity index (χ1n) is 7.38. The maximum atomic E-state index is 9.49. The molecule has 20 heavy (non-hydrogen) atoms. The van der Waals surface area contributed by atoms with Gasteiger partial charge in [0.15, 0.2) is 0 Å². The van der Waals surface area contributed by atoms with Crippen molar-refractivity contribution in [3.05, 3.63) is 35.9 Å². The van der Waals surface area contributed by atoms with Crippen molar-refractivity contribution in [3.8, 4) is 6.07 Å². The lowest BCUT2D eigenvalue weighted by molar-refractivity contribution is 0.119. The number of hydrogen-bond acceptors (Lipinski definition) is 4. The van der Waals surface area contributed by atoms with E-state index in [2.05, 4.69) is 22.8 Å². The Labute approximate surface area is 121 Å². The van der Waals surface area contributed by atoms with E-state index in [1.807, 2.05) is 30.3 Å². The van der Waals surface area contributed by atoms with Crippen molar-refractivity contribution < 1.29 is 0 Å². The molecule has 0 aliphatic carbocycles. The van der Waals surface area contributed by atoms with E-state index in [9.17, 15) is 5.26 Å². The summed E-state index contributed by atoms with van der Waals surface area (Å²) in [6.45, 7) is 8.11. The van der Waals surface area contributed by atoms with Crippen LogP contribution in [-0.4, -0.2) is 49.1 Å². The van der Waals surface area contributed by atoms with Gasteiger partial charge >= 0.3 is 0 Å². The van der Waals surface area contributed by atoms with Crippen LogP contribution in [0, 0.1) is 11.3 Å². The van der Waals surface area contributed by atoms with Gasteiger partial charge in [0.1, 0.15) is 5.54 Å². The lowest BCUT2D eigenvalue weighted by Gasteiger charge is -2.37. The summed E-state index contributed by atoms with van der Waals surface area (Å²) >= 11 is 0. The summed E-state index contributed by atoms with van der Waals surface area (Å²) in [5.74, 6) is 0. The van der Waals surface area contributed by atoms with Crippen LogP contribution < -0.4 is 5.73 Å². The van der Waals surface area contributed by atoms with Gasteiger partial charge in [-0.15, -0.1) is 0 Å². The summed E-state index contributed by atoms with van der Waals surface area (Å²) in [7, 11) is 0. The molecule has 1 saturated heterocycles. The van der Waals surface area contributed by atoms with E-state index in [1.54, 1.807) is 0 Å². The normalized spacial score (nSPS) is 20.2. The van der Waals surface area contributed by atoms with E-state index in [4.69, 9.17) is 5.73 Å². The number of rotatable bonds is 5. The summed E-state index contributed by atoms with van der Waals surface area (Å²) in [6.07, 6.45) is 1.20. The molecule has 4 heteroatoms. The van der Waals surface area contributed by atoms with E-state index in [0.717, 1.165) is 31.7 Å². The molecule has 1 atom stereocenters. The van der Waals surface area contributed by atoms with Crippen molar-refractivity contribution >= 4 is 0 Å². The van der Waals surface area contributed by atoms with Gasteiger partial charge in [-0.3, -0.25) is 4.90 Å². The highest BCUT2D eigenvalue weighted by Crippen LogP contribution is 2.19. The quantitative estimate of drug-likeness (QED) is 0.880. The van der Waals surface area contributed by atoms with E-state index >= 15 is 0 Å². The van der Waals surface area contributed by atoms with Crippen LogP contribution in [0.1, 0.15) is 18.9 Å². The molecule has 2 N–H and O–H groups in total. The summed E-state index contributed by atoms with van der Waals surface area (Å²) in [5.41, 5.74) is 6.32. The van der Waals surface area contributed by atoms with Gasteiger partial charge in [-0.1, -0.05) is 37.3 Å². The zero-order valence-corrected chi connectivity index (χ0v) is 12.3. The van der Waals surface area contributed by atoms with Gasteiger partial charge in [0.05, 0.1) is 6.07 Å². The van der Waals surface area contributed by atoms with Crippen LogP contribution in [0.25, 0.3) is 0 Å². The molecule has 1 aromatic rings. The minimum atomic E-state index is -0.909. The van der Waals surface area contributed by atoms with Gasteiger partial charge in [0, 0.05) is 32.7 Å². The highest BCUT2D eigenvalue weighted by molar-refractivity contribution is 5.31. The lowest BCUT2D eigenvalue weighted by Crippen LogP contribution is -2.53. The number of benzene rings is 1. The molecule has 0 aromatic heterocycles. The zero-order valence-electron chi connectivity index (χ0n) is 12.3. The molecule has 0 amide bonds. The SMILES string of the molecule is CCCN1CCN(CC(N)(C#N)c2ccccc2)CC1. The Hall–Kier alpha value is -1.41. The van der Waals surface area contributed by atoms with Crippen LogP contribution in [0.4, 0.5) is 0 Å². The average Bonchev–Trinajstić information content (AvgIpc) is 2.50. The molecule has 1 aliphatic rings. The summed E-state index contributed by atoms with van der Waals surface area (Å²) < 4.78 is 0. The summed E-state index contributed by atoms with van der Waals surface area (Å²) in [5, 5.41) is 9.49. The lowest BCUT2D eigenvalue weighted by atomic mass is 9.91. The van der Waals surface area contributed by atoms with Crippen molar-refractivity contribution in [2.45, 2.75) is 18.9 Å². The second-order valence-electron chi connectivity index (χ2n) is 5.57. The number of nitriles is 1. The Morgan fingerprint density at radius 3 is 2.30 bits per heavy atom. The molecule has 1 fully saturated rings. The molecule has 1 unspecified atom stereocenters. The van der Waals surface area contributed by atoms with Gasteiger partial charge < -0.3 is 10.6 Å². The van der Waals surface area contributed by atoms with Gasteiger partial charge in [0.2, 0.25) is 0 Å². The number of hydrogen-bond donors (Lipinski definition) is 1. The minimum Gasteiger partial charge on any atom is -0.309 e. The standard InChI is InChI=1S/C16H24N4/c1-2-8-19-9-11-20(12-10-19)14-16(18,13-17)15-6-4-3-5-7-15/h3-7H,2,8-12,14,18H2,1H3. The average molecular weight is 272 g/mol. The Morgan fingerprint density at radius 2 is 1.75 bits per heavy atom. The van der Waals surface area contributed by atoms with E-state index in [0.29, 0.717) is 6.54 Å². The number of nitrogens with two attached hydrogens (primary N) is 1. The van der Waals surface area contributed by atoms with Crippen molar-refractivity contribution in [2.24, 2.45) is 5.73 Å². The maximum absolute atomic E-state index is 9.49. The monoisotopic (exact) mass is 272 g/mol. The predicted molar refractivity (Wildman–Crippen MR) is 81.1 cm³/mol. The van der Waals surface area contributed by atoms with Gasteiger partial charge in [-0.25, -0.2) is 0 Å². The topological polar surface area (TPSA) is 56.3 Å². The molecule has 0 radical (unpaired) electrons. The van der Waals surface area contributed by atoms with E-state index in [1.165, 1.54) is 13.0 Å². The highest BCUT2D eigenvalue weighted by atomic mass is 15.3. The Kier molecular flexibility index (Phi) is 5.13. The van der Waals surface area contributed by atoms with Crippen molar-refractivity contribution in [1.29, 1.82) is 5.26 Å². The molecule has 0 spiro atoms. The summed E-state index contributed by atoms with van der Waals surface area (Å²) in [6, 6.07) is 12.0. The Balaban J connectivity index is 1.97. The Bertz CT molecular complexity index is 445. The third kappa shape index (κ3) is 3.57. The van der Waals surface area contributed by atoms with E-state index in [-0.39, 0.29) is 0 Å². The molecule has 0 saturated carbocycles. The van der Waals surface area contributed by atoms with Crippen LogP contribution in [0.2, 0.25) is 0 Å². The predicted octanol–water partition coefficient (Wildman–Crippen LogP) is 1.39. The second-order valence-corrected chi connectivity index (χ2v) is 5.57. The van der Waals surface area contributed by atoms with Crippen molar-refractivity contribution in [3.63, 3.8) is 0 Å². The highest BCUT2D eigenvalue weighted by Gasteiger charge is 2.31. The fraction of sp³-hybridized carbons (Fsp3) is 0.562. The number of piperazine rings is 1. The first-order chi connectivity index (χ1) is 9.68. The van der Waals surface area contributed by atoms with Gasteiger partial charge in [0.25, 0.3) is 0 Å². The van der Waals surface area contributed by atoms with Crippen molar-refractivity contribution in [2.75, 3.05) is 39.3 Å². The first-order valence-corrected chi connectivity index (χ1v) is 7.38. The molecule has 108 valence electrons. The zero-order chi connectivity index (χ0) is 14.4. The van der Waals surface area contributed by atoms with Gasteiger partial charge in [-0.05, 0) is 18.5 Å². The van der Waals surface area contributed by atoms with Gasteiger partial charge in [-0.2, -0.15) is 5.26 Å². The molecule has 1 aromatic carbocycles. The summed E-state index contributed by atoms with van der Waals surface area (Å²) in [4.78, 5) is 4.78. The largest absolute Gasteiger partial charge is 0.309 e. The molecule has 1 heterocycles. The third-order valence-electron chi connectivity index (χ3n) is 3.97. The van der Waals surface area contributed by atoms with Crippen LogP contribution in [0.5, 0.6) is 0 Å². The third-order valence-corrected chi connectivity index (χ3v) is 3.97. The molecular weight excluding hydrogens is 248 g/mol. The fourth-order valence-corrected chi connectivity index (χ4v) is 2.77. The molecule has 1 aliphatic heterocycles. The van der Waals surface area contributed by atoms with Crippen LogP contribution in [-0.2, 0) is 5.54 Å². The number of nitrogens with zero attached hydrogens (tertiary/aromatic N) is 3. The van der Waals surface area contributed by atoms with Crippen LogP contribution in [0.15, 0.2) is 30.3 Å². The Morgan fingerprint density at radius 1 is 1.15 bits per heavy atom. The molecular formula is C16H24N4. The van der Waals surface area contributed by atoms with Crippen molar-refractivity contribution in [1.82, 2.24) is 9.80 Å². The molecule has 4 nitrogen and oxygen atoms in total. The smallest absolute Gasteiger partial charge is 0.142 e. The first kappa shape index (κ1) is 15.0. The van der Waals surface area contributed by atoms with Crippen LogP contribution >= 0.6 is 0 Å². The maximum Gasteiger partial charge on any atom is 0.142 e. The van der Waals surface area contributed by atoms with E-state index < -0.39 is 5.54 Å².